The van der Waals surface area contributed by atoms with Crippen molar-refractivity contribution in [2.45, 2.75) is 58.5 Å². The molecule has 0 amide bonds. The third-order valence-electron chi connectivity index (χ3n) is 4.40. The maximum atomic E-state index is 3.68. The second-order valence-corrected chi connectivity index (χ2v) is 6.68. The van der Waals surface area contributed by atoms with E-state index in [1.807, 2.05) is 0 Å². The normalized spacial score (nSPS) is 18.3. The van der Waals surface area contributed by atoms with Crippen LogP contribution in [-0.2, 0) is 6.54 Å². The zero-order valence-electron chi connectivity index (χ0n) is 13.0. The van der Waals surface area contributed by atoms with Gasteiger partial charge in [-0.3, -0.25) is 0 Å². The van der Waals surface area contributed by atoms with Gasteiger partial charge in [-0.1, -0.05) is 24.6 Å². The average molecular weight is 272 g/mol. The Labute approximate surface area is 123 Å². The number of aryl methyl sites for hydroxylation is 1. The van der Waals surface area contributed by atoms with E-state index in [1.165, 1.54) is 62.0 Å². The Hall–Kier alpha value is -1.02. The minimum atomic E-state index is 0.784. The molecule has 2 aliphatic carbocycles. The molecule has 0 aliphatic heterocycles. The second kappa shape index (κ2) is 6.17. The molecule has 0 unspecified atom stereocenters. The first-order valence-corrected chi connectivity index (χ1v) is 8.34. The van der Waals surface area contributed by atoms with Gasteiger partial charge in [0.1, 0.15) is 0 Å². The largest absolute Gasteiger partial charge is 0.371 e. The average Bonchev–Trinajstić information content (AvgIpc) is 3.31. The van der Waals surface area contributed by atoms with Crippen LogP contribution in [0.1, 0.15) is 50.2 Å². The minimum Gasteiger partial charge on any atom is -0.371 e. The molecular weight excluding hydrogens is 244 g/mol. The number of rotatable bonds is 8. The monoisotopic (exact) mass is 272 g/mol. The zero-order valence-corrected chi connectivity index (χ0v) is 13.0. The van der Waals surface area contributed by atoms with E-state index in [2.05, 4.69) is 42.3 Å². The number of nitrogens with zero attached hydrogens (tertiary/aromatic N) is 1. The third kappa shape index (κ3) is 3.76. The van der Waals surface area contributed by atoms with Crippen molar-refractivity contribution < 1.29 is 0 Å². The van der Waals surface area contributed by atoms with E-state index in [-0.39, 0.29) is 0 Å². The number of nitrogens with one attached hydrogen (secondary N) is 1. The Balaban J connectivity index is 1.75. The van der Waals surface area contributed by atoms with Gasteiger partial charge in [0.2, 0.25) is 0 Å². The van der Waals surface area contributed by atoms with Gasteiger partial charge in [0.25, 0.3) is 0 Å². The SMILES string of the molecule is CCCN(CC1CC1)c1ccc(C)cc1CNC1CC1. The molecule has 0 spiro atoms. The summed E-state index contributed by atoms with van der Waals surface area (Å²) >= 11 is 0. The molecule has 3 rings (SSSR count). The second-order valence-electron chi connectivity index (χ2n) is 6.68. The molecule has 0 radical (unpaired) electrons. The Bertz CT molecular complexity index is 447. The van der Waals surface area contributed by atoms with Crippen LogP contribution in [0.2, 0.25) is 0 Å². The highest BCUT2D eigenvalue weighted by Gasteiger charge is 2.25. The Morgan fingerprint density at radius 1 is 1.20 bits per heavy atom. The molecular formula is C18H28N2. The van der Waals surface area contributed by atoms with Crippen molar-refractivity contribution in [1.82, 2.24) is 5.32 Å². The summed E-state index contributed by atoms with van der Waals surface area (Å²) in [6.45, 7) is 7.97. The van der Waals surface area contributed by atoms with Crippen LogP contribution in [0.4, 0.5) is 5.69 Å². The van der Waals surface area contributed by atoms with Gasteiger partial charge < -0.3 is 10.2 Å². The molecule has 1 aromatic carbocycles. The summed E-state index contributed by atoms with van der Waals surface area (Å²) in [7, 11) is 0. The van der Waals surface area contributed by atoms with Crippen molar-refractivity contribution in [2.24, 2.45) is 5.92 Å². The molecule has 0 aromatic heterocycles. The molecule has 1 aromatic rings. The van der Waals surface area contributed by atoms with Crippen molar-refractivity contribution in [1.29, 1.82) is 0 Å². The van der Waals surface area contributed by atoms with E-state index in [4.69, 9.17) is 0 Å². The minimum absolute atomic E-state index is 0.784. The summed E-state index contributed by atoms with van der Waals surface area (Å²) in [5, 5.41) is 3.68. The van der Waals surface area contributed by atoms with Gasteiger partial charge in [-0.25, -0.2) is 0 Å². The lowest BCUT2D eigenvalue weighted by atomic mass is 10.1. The van der Waals surface area contributed by atoms with Gasteiger partial charge in [-0.2, -0.15) is 0 Å². The van der Waals surface area contributed by atoms with E-state index in [0.29, 0.717) is 0 Å². The summed E-state index contributed by atoms with van der Waals surface area (Å²) in [5.41, 5.74) is 4.34. The van der Waals surface area contributed by atoms with Gasteiger partial charge in [0.05, 0.1) is 0 Å². The van der Waals surface area contributed by atoms with E-state index < -0.39 is 0 Å². The van der Waals surface area contributed by atoms with Crippen LogP contribution < -0.4 is 10.2 Å². The van der Waals surface area contributed by atoms with E-state index in [9.17, 15) is 0 Å². The fourth-order valence-electron chi connectivity index (χ4n) is 2.90. The highest BCUT2D eigenvalue weighted by Crippen LogP contribution is 2.33. The molecule has 0 atom stereocenters. The Kier molecular flexibility index (Phi) is 4.30. The lowest BCUT2D eigenvalue weighted by molar-refractivity contribution is 0.671. The fraction of sp³-hybridized carbons (Fsp3) is 0.667. The van der Waals surface area contributed by atoms with Gasteiger partial charge in [0.15, 0.2) is 0 Å². The van der Waals surface area contributed by atoms with Crippen molar-refractivity contribution in [3.8, 4) is 0 Å². The smallest absolute Gasteiger partial charge is 0.0412 e. The van der Waals surface area contributed by atoms with Crippen LogP contribution in [0.3, 0.4) is 0 Å². The summed E-state index contributed by atoms with van der Waals surface area (Å²) in [6.07, 6.45) is 6.82. The number of benzene rings is 1. The predicted molar refractivity (Wildman–Crippen MR) is 86.3 cm³/mol. The van der Waals surface area contributed by atoms with Crippen LogP contribution in [-0.4, -0.2) is 19.1 Å². The standard InChI is InChI=1S/C18H28N2/c1-3-10-20(13-15-5-6-15)18-9-4-14(2)11-16(18)12-19-17-7-8-17/h4,9,11,15,17,19H,3,5-8,10,12-13H2,1-2H3. The Morgan fingerprint density at radius 3 is 2.65 bits per heavy atom. The molecule has 20 heavy (non-hydrogen) atoms. The lowest BCUT2D eigenvalue weighted by Crippen LogP contribution is -2.28. The van der Waals surface area contributed by atoms with E-state index in [0.717, 1.165) is 18.5 Å². The maximum Gasteiger partial charge on any atom is 0.0412 e. The molecule has 1 N–H and O–H groups in total. The van der Waals surface area contributed by atoms with Crippen molar-refractivity contribution in [3.63, 3.8) is 0 Å². The molecule has 0 bridgehead atoms. The quantitative estimate of drug-likeness (QED) is 0.772. The number of hydrogen-bond donors (Lipinski definition) is 1. The molecule has 2 nitrogen and oxygen atoms in total. The zero-order chi connectivity index (χ0) is 13.9. The number of anilines is 1. The first kappa shape index (κ1) is 13.9. The first-order chi connectivity index (χ1) is 9.76. The van der Waals surface area contributed by atoms with E-state index >= 15 is 0 Å². The highest BCUT2D eigenvalue weighted by atomic mass is 15.1. The predicted octanol–water partition coefficient (Wildman–Crippen LogP) is 3.87. The molecule has 0 heterocycles. The first-order valence-electron chi connectivity index (χ1n) is 8.34. The van der Waals surface area contributed by atoms with Crippen LogP contribution in [0.5, 0.6) is 0 Å². The summed E-state index contributed by atoms with van der Waals surface area (Å²) < 4.78 is 0. The van der Waals surface area contributed by atoms with Crippen molar-refractivity contribution >= 4 is 5.69 Å². The number of hydrogen-bond acceptors (Lipinski definition) is 2. The molecule has 0 saturated heterocycles. The molecule has 2 aliphatic rings. The van der Waals surface area contributed by atoms with E-state index in [1.54, 1.807) is 0 Å². The Morgan fingerprint density at radius 2 is 2.00 bits per heavy atom. The van der Waals surface area contributed by atoms with Gasteiger partial charge in [0, 0.05) is 31.4 Å². The van der Waals surface area contributed by atoms with Crippen LogP contribution in [0.15, 0.2) is 18.2 Å². The van der Waals surface area contributed by atoms with Crippen LogP contribution in [0.25, 0.3) is 0 Å². The summed E-state index contributed by atoms with van der Waals surface area (Å²) in [6, 6.07) is 7.77. The lowest BCUT2D eigenvalue weighted by Gasteiger charge is -2.27. The van der Waals surface area contributed by atoms with Gasteiger partial charge >= 0.3 is 0 Å². The third-order valence-corrected chi connectivity index (χ3v) is 4.40. The summed E-state index contributed by atoms with van der Waals surface area (Å²) in [4.78, 5) is 2.63. The molecule has 2 heteroatoms. The van der Waals surface area contributed by atoms with Crippen molar-refractivity contribution in [3.05, 3.63) is 29.3 Å². The fourth-order valence-corrected chi connectivity index (χ4v) is 2.90. The highest BCUT2D eigenvalue weighted by molar-refractivity contribution is 5.55. The summed E-state index contributed by atoms with van der Waals surface area (Å²) in [5.74, 6) is 0.951. The van der Waals surface area contributed by atoms with Crippen LogP contribution >= 0.6 is 0 Å². The van der Waals surface area contributed by atoms with Gasteiger partial charge in [-0.05, 0) is 56.6 Å². The molecule has 110 valence electrons. The van der Waals surface area contributed by atoms with Crippen molar-refractivity contribution in [2.75, 3.05) is 18.0 Å². The maximum absolute atomic E-state index is 3.68. The van der Waals surface area contributed by atoms with Crippen LogP contribution in [0, 0.1) is 12.8 Å². The molecule has 2 fully saturated rings. The molecule has 2 saturated carbocycles. The van der Waals surface area contributed by atoms with Gasteiger partial charge in [-0.15, -0.1) is 0 Å². The topological polar surface area (TPSA) is 15.3 Å².